The lowest BCUT2D eigenvalue weighted by atomic mass is 9.80. The number of aromatic nitrogens is 1. The first-order chi connectivity index (χ1) is 19.5. The molecule has 0 aliphatic heterocycles. The lowest BCUT2D eigenvalue weighted by molar-refractivity contribution is -0.142. The fourth-order valence-electron chi connectivity index (χ4n) is 5.54. The molecule has 1 aliphatic rings. The molecule has 0 spiro atoms. The number of esters is 1. The highest BCUT2D eigenvalue weighted by Gasteiger charge is 2.27. The first-order valence-corrected chi connectivity index (χ1v) is 16.3. The summed E-state index contributed by atoms with van der Waals surface area (Å²) >= 11 is 3.35. The Morgan fingerprint density at radius 3 is 2.62 bits per heavy atom. The highest BCUT2D eigenvalue weighted by molar-refractivity contribution is 7.98. The number of ether oxygens (including phenoxy) is 2. The van der Waals surface area contributed by atoms with Crippen molar-refractivity contribution in [2.75, 3.05) is 25.7 Å². The molecule has 1 saturated carbocycles. The van der Waals surface area contributed by atoms with Crippen LogP contribution in [-0.4, -0.2) is 48.6 Å². The van der Waals surface area contributed by atoms with Gasteiger partial charge in [-0.2, -0.15) is 11.8 Å². The Labute approximate surface area is 246 Å². The Hall–Kier alpha value is -2.68. The van der Waals surface area contributed by atoms with Crippen LogP contribution >= 0.6 is 23.1 Å². The van der Waals surface area contributed by atoms with Crippen LogP contribution in [0.25, 0.3) is 11.1 Å². The van der Waals surface area contributed by atoms with Gasteiger partial charge in [0.15, 0.2) is 0 Å². The van der Waals surface area contributed by atoms with Gasteiger partial charge in [0.1, 0.15) is 6.04 Å². The predicted octanol–water partition coefficient (Wildman–Crippen LogP) is 7.02. The fraction of sp³-hybridized carbons (Fsp3) is 0.469. The van der Waals surface area contributed by atoms with Crippen molar-refractivity contribution in [3.8, 4) is 11.1 Å². The molecule has 1 fully saturated rings. The van der Waals surface area contributed by atoms with Crippen molar-refractivity contribution in [2.45, 2.75) is 64.0 Å². The minimum atomic E-state index is -0.693. The number of hydrogen-bond donors (Lipinski definition) is 1. The number of thioether (sulfide) groups is 1. The Bertz CT molecular complexity index is 1240. The van der Waals surface area contributed by atoms with Crippen LogP contribution in [-0.2, 0) is 20.9 Å². The SMILES string of the molecule is COC(=O)[C@H](CCSC)NC(=O)c1ccc(COCC(c2cncs2)C2CCCCC2)cc1-c1ccccc1C. The van der Waals surface area contributed by atoms with Crippen LogP contribution in [0.4, 0.5) is 0 Å². The number of nitrogens with zero attached hydrogens (tertiary/aromatic N) is 1. The minimum absolute atomic E-state index is 0.287. The summed E-state index contributed by atoms with van der Waals surface area (Å²) in [5.41, 5.74) is 6.34. The Balaban J connectivity index is 1.54. The summed E-state index contributed by atoms with van der Waals surface area (Å²) in [7, 11) is 1.35. The van der Waals surface area contributed by atoms with Gasteiger partial charge in [0, 0.05) is 22.6 Å². The van der Waals surface area contributed by atoms with Crippen molar-refractivity contribution >= 4 is 35.0 Å². The molecule has 6 nitrogen and oxygen atoms in total. The molecule has 1 aliphatic carbocycles. The first-order valence-electron chi connectivity index (χ1n) is 14.0. The van der Waals surface area contributed by atoms with Gasteiger partial charge in [-0.1, -0.05) is 49.6 Å². The molecule has 8 heteroatoms. The summed E-state index contributed by atoms with van der Waals surface area (Å²) in [6, 6.07) is 13.2. The van der Waals surface area contributed by atoms with E-state index in [-0.39, 0.29) is 5.91 Å². The summed E-state index contributed by atoms with van der Waals surface area (Å²) in [5.74, 6) is 1.02. The smallest absolute Gasteiger partial charge is 0.328 e. The van der Waals surface area contributed by atoms with Crippen LogP contribution in [0.5, 0.6) is 0 Å². The molecule has 2 atom stereocenters. The van der Waals surface area contributed by atoms with Gasteiger partial charge in [-0.25, -0.2) is 4.79 Å². The van der Waals surface area contributed by atoms with E-state index in [1.807, 2.05) is 61.3 Å². The highest BCUT2D eigenvalue weighted by Crippen LogP contribution is 2.38. The summed E-state index contributed by atoms with van der Waals surface area (Å²) in [4.78, 5) is 31.5. The Morgan fingerprint density at radius 1 is 1.12 bits per heavy atom. The van der Waals surface area contributed by atoms with E-state index in [1.165, 1.54) is 44.1 Å². The second-order valence-electron chi connectivity index (χ2n) is 10.4. The second-order valence-corrected chi connectivity index (χ2v) is 12.4. The quantitative estimate of drug-likeness (QED) is 0.219. The van der Waals surface area contributed by atoms with Crippen molar-refractivity contribution in [1.82, 2.24) is 10.3 Å². The third-order valence-corrected chi connectivity index (χ3v) is 9.32. The summed E-state index contributed by atoms with van der Waals surface area (Å²) in [6.07, 6.45) is 10.9. The molecule has 40 heavy (non-hydrogen) atoms. The van der Waals surface area contributed by atoms with Crippen LogP contribution in [0.15, 0.2) is 54.2 Å². The van der Waals surface area contributed by atoms with Crippen molar-refractivity contribution in [3.05, 3.63) is 75.7 Å². The lowest BCUT2D eigenvalue weighted by Crippen LogP contribution is -2.42. The number of benzene rings is 2. The number of thiazole rings is 1. The van der Waals surface area contributed by atoms with E-state index in [9.17, 15) is 9.59 Å². The fourth-order valence-corrected chi connectivity index (χ4v) is 6.81. The predicted molar refractivity (Wildman–Crippen MR) is 164 cm³/mol. The topological polar surface area (TPSA) is 77.5 Å². The van der Waals surface area contributed by atoms with Crippen molar-refractivity contribution in [3.63, 3.8) is 0 Å². The highest BCUT2D eigenvalue weighted by atomic mass is 32.2. The maximum absolute atomic E-state index is 13.5. The molecule has 2 aromatic carbocycles. The van der Waals surface area contributed by atoms with Crippen molar-refractivity contribution in [1.29, 1.82) is 0 Å². The molecule has 0 saturated heterocycles. The number of nitrogens with one attached hydrogen (secondary N) is 1. The second kappa shape index (κ2) is 15.4. The summed E-state index contributed by atoms with van der Waals surface area (Å²) in [6.45, 7) is 3.16. The van der Waals surface area contributed by atoms with E-state index in [0.717, 1.165) is 28.0 Å². The minimum Gasteiger partial charge on any atom is -0.467 e. The number of carbonyl (C=O) groups is 2. The third-order valence-electron chi connectivity index (χ3n) is 7.77. The van der Waals surface area contributed by atoms with Gasteiger partial charge in [-0.15, -0.1) is 11.3 Å². The van der Waals surface area contributed by atoms with Crippen molar-refractivity contribution < 1.29 is 19.1 Å². The van der Waals surface area contributed by atoms with E-state index in [4.69, 9.17) is 9.47 Å². The Kier molecular flexibility index (Phi) is 11.6. The van der Waals surface area contributed by atoms with Gasteiger partial charge in [0.2, 0.25) is 0 Å². The first kappa shape index (κ1) is 30.3. The maximum Gasteiger partial charge on any atom is 0.328 e. The van der Waals surface area contributed by atoms with Gasteiger partial charge in [0.25, 0.3) is 5.91 Å². The van der Waals surface area contributed by atoms with Gasteiger partial charge in [-0.05, 0) is 78.5 Å². The normalized spacial score (nSPS) is 15.4. The van der Waals surface area contributed by atoms with Crippen LogP contribution in [0.2, 0.25) is 0 Å². The molecule has 1 amide bonds. The molecule has 1 aromatic heterocycles. The molecule has 1 N–H and O–H groups in total. The van der Waals surface area contributed by atoms with Gasteiger partial charge >= 0.3 is 5.97 Å². The summed E-state index contributed by atoms with van der Waals surface area (Å²) in [5, 5.41) is 2.92. The number of carbonyl (C=O) groups excluding carboxylic acids is 2. The molecule has 1 heterocycles. The number of aryl methyl sites for hydroxylation is 1. The standard InChI is InChI=1S/C32H40N2O4S2/c1-22-9-7-8-12-25(22)27-17-23(13-14-26(27)31(35)34-29(15-16-39-3)32(36)37-2)19-38-20-28(30-18-33-21-40-30)24-10-5-4-6-11-24/h7-9,12-14,17-18,21,24,28-29H,4-6,10-11,15-16,19-20H2,1-3H3,(H,34,35)/t28?,29-/m0/s1. The zero-order chi connectivity index (χ0) is 28.3. The van der Waals surface area contributed by atoms with Crippen LogP contribution in [0.1, 0.15) is 70.8 Å². The van der Waals surface area contributed by atoms with Crippen LogP contribution in [0, 0.1) is 12.8 Å². The number of hydrogen-bond acceptors (Lipinski definition) is 7. The molecular formula is C32H40N2O4S2. The molecular weight excluding hydrogens is 540 g/mol. The third kappa shape index (κ3) is 7.95. The van der Waals surface area contributed by atoms with E-state index in [2.05, 4.69) is 16.4 Å². The largest absolute Gasteiger partial charge is 0.467 e. The molecule has 3 aromatic rings. The van der Waals surface area contributed by atoms with Crippen molar-refractivity contribution in [2.24, 2.45) is 5.92 Å². The molecule has 214 valence electrons. The summed E-state index contributed by atoms with van der Waals surface area (Å²) < 4.78 is 11.3. The molecule has 4 rings (SSSR count). The maximum atomic E-state index is 13.5. The molecule has 0 radical (unpaired) electrons. The van der Waals surface area contributed by atoms with E-state index in [0.29, 0.717) is 37.0 Å². The molecule has 1 unspecified atom stereocenters. The van der Waals surface area contributed by atoms with Crippen LogP contribution in [0.3, 0.4) is 0 Å². The average Bonchev–Trinajstić information content (AvgIpc) is 3.52. The van der Waals surface area contributed by atoms with E-state index >= 15 is 0 Å². The van der Waals surface area contributed by atoms with E-state index < -0.39 is 12.0 Å². The zero-order valence-corrected chi connectivity index (χ0v) is 25.3. The number of amides is 1. The van der Waals surface area contributed by atoms with Gasteiger partial charge in [0.05, 0.1) is 25.8 Å². The zero-order valence-electron chi connectivity index (χ0n) is 23.7. The Morgan fingerprint density at radius 2 is 1.93 bits per heavy atom. The average molecular weight is 581 g/mol. The van der Waals surface area contributed by atoms with Gasteiger partial charge < -0.3 is 14.8 Å². The monoisotopic (exact) mass is 580 g/mol. The molecule has 0 bridgehead atoms. The van der Waals surface area contributed by atoms with Crippen LogP contribution < -0.4 is 5.32 Å². The van der Waals surface area contributed by atoms with Gasteiger partial charge in [-0.3, -0.25) is 9.78 Å². The lowest BCUT2D eigenvalue weighted by Gasteiger charge is -2.29. The van der Waals surface area contributed by atoms with E-state index in [1.54, 1.807) is 23.1 Å². The number of methoxy groups -OCH3 is 1. The number of rotatable bonds is 13.